The molecule has 0 spiro atoms. The zero-order valence-electron chi connectivity index (χ0n) is 21.1. The Kier molecular flexibility index (Phi) is 6.64. The molecule has 1 fully saturated rings. The first-order valence-corrected chi connectivity index (χ1v) is 12.1. The second-order valence-electron chi connectivity index (χ2n) is 9.26. The Balaban J connectivity index is 1.31. The van der Waals surface area contributed by atoms with Crippen LogP contribution in [0, 0.1) is 29.0 Å². The molecule has 0 unspecified atom stereocenters. The molecule has 38 heavy (non-hydrogen) atoms. The summed E-state index contributed by atoms with van der Waals surface area (Å²) >= 11 is 0. The lowest BCUT2D eigenvalue weighted by Gasteiger charge is -2.44. The predicted octanol–water partition coefficient (Wildman–Crippen LogP) is 3.95. The van der Waals surface area contributed by atoms with Crippen molar-refractivity contribution in [2.45, 2.75) is 19.4 Å². The van der Waals surface area contributed by atoms with Gasteiger partial charge >= 0.3 is 0 Å². The number of nitrogens with zero attached hydrogens (tertiary/aromatic N) is 5. The molecule has 3 heterocycles. The standard InChI is InChI=1S/C30H25FN6O/c1-4-5-20-6-8-24-19(2)34-35-28(25(24)12-20)14-21-7-9-27(31)26(13-21)30(38)37-17-23(18-37)36(3)29-15-22(16-32)10-11-33-29/h6-13,15,23,34H,2,14,17-18H2,1,3H3. The van der Waals surface area contributed by atoms with Crippen molar-refractivity contribution >= 4 is 23.1 Å². The van der Waals surface area contributed by atoms with Crippen LogP contribution in [0.5, 0.6) is 0 Å². The smallest absolute Gasteiger partial charge is 0.256 e. The summed E-state index contributed by atoms with van der Waals surface area (Å²) in [5, 5.41) is 13.6. The number of hydrogen-bond donors (Lipinski definition) is 1. The lowest BCUT2D eigenvalue weighted by Crippen LogP contribution is -2.60. The van der Waals surface area contributed by atoms with Crippen LogP contribution in [0.25, 0.3) is 5.70 Å². The van der Waals surface area contributed by atoms with Crippen LogP contribution in [-0.4, -0.2) is 47.7 Å². The van der Waals surface area contributed by atoms with Gasteiger partial charge in [0.25, 0.3) is 5.91 Å². The minimum atomic E-state index is -0.558. The van der Waals surface area contributed by atoms with E-state index in [4.69, 9.17) is 5.26 Å². The maximum atomic E-state index is 14.8. The third-order valence-corrected chi connectivity index (χ3v) is 6.82. The summed E-state index contributed by atoms with van der Waals surface area (Å²) in [4.78, 5) is 21.1. The fraction of sp³-hybridized carbons (Fsp3) is 0.200. The molecule has 1 aromatic heterocycles. The number of hydrazone groups is 1. The van der Waals surface area contributed by atoms with Gasteiger partial charge < -0.3 is 9.80 Å². The highest BCUT2D eigenvalue weighted by Crippen LogP contribution is 2.26. The second kappa shape index (κ2) is 10.2. The number of carbonyl (C=O) groups excluding carboxylic acids is 1. The van der Waals surface area contributed by atoms with Gasteiger partial charge in [-0.2, -0.15) is 10.4 Å². The third kappa shape index (κ3) is 4.72. The van der Waals surface area contributed by atoms with Crippen molar-refractivity contribution in [3.05, 3.63) is 101 Å². The van der Waals surface area contributed by atoms with E-state index in [0.29, 0.717) is 36.6 Å². The van der Waals surface area contributed by atoms with Crippen molar-refractivity contribution in [2.75, 3.05) is 25.0 Å². The highest BCUT2D eigenvalue weighted by Gasteiger charge is 2.35. The molecular weight excluding hydrogens is 479 g/mol. The van der Waals surface area contributed by atoms with Gasteiger partial charge in [0.2, 0.25) is 0 Å². The van der Waals surface area contributed by atoms with Crippen LogP contribution < -0.4 is 10.3 Å². The van der Waals surface area contributed by atoms with Gasteiger partial charge in [-0.25, -0.2) is 9.37 Å². The highest BCUT2D eigenvalue weighted by molar-refractivity contribution is 6.07. The summed E-state index contributed by atoms with van der Waals surface area (Å²) in [5.74, 6) is 5.72. The van der Waals surface area contributed by atoms with Crippen LogP contribution in [0.1, 0.15) is 45.1 Å². The quantitative estimate of drug-likeness (QED) is 0.532. The average Bonchev–Trinajstić information content (AvgIpc) is 2.90. The van der Waals surface area contributed by atoms with E-state index in [0.717, 1.165) is 28.0 Å². The SMILES string of the molecule is C=C1NN=C(Cc2ccc(F)c(C(=O)N3CC(N(C)c4cc(C#N)ccn4)C3)c2)c2cc(C#CC)ccc21. The summed E-state index contributed by atoms with van der Waals surface area (Å²) < 4.78 is 14.8. The zero-order valence-corrected chi connectivity index (χ0v) is 21.1. The first kappa shape index (κ1) is 24.7. The van der Waals surface area contributed by atoms with E-state index in [1.165, 1.54) is 6.07 Å². The van der Waals surface area contributed by atoms with Gasteiger partial charge in [0.15, 0.2) is 0 Å². The maximum absolute atomic E-state index is 14.8. The molecule has 0 aliphatic carbocycles. The number of carbonyl (C=O) groups is 1. The average molecular weight is 505 g/mol. The first-order chi connectivity index (χ1) is 18.4. The molecule has 0 radical (unpaired) electrons. The summed E-state index contributed by atoms with van der Waals surface area (Å²) in [5.41, 5.74) is 8.46. The highest BCUT2D eigenvalue weighted by atomic mass is 19.1. The molecule has 5 rings (SSSR count). The molecule has 3 aromatic rings. The van der Waals surface area contributed by atoms with Gasteiger partial charge in [-0.1, -0.05) is 24.6 Å². The van der Waals surface area contributed by atoms with E-state index in [2.05, 4.69) is 40.0 Å². The Morgan fingerprint density at radius 1 is 1.18 bits per heavy atom. The Bertz CT molecular complexity index is 1590. The number of anilines is 1. The minimum absolute atomic E-state index is 0.0272. The number of amides is 1. The van der Waals surface area contributed by atoms with Gasteiger partial charge in [0.05, 0.1) is 34.6 Å². The van der Waals surface area contributed by atoms with E-state index in [1.807, 2.05) is 30.1 Å². The van der Waals surface area contributed by atoms with Crippen molar-refractivity contribution in [1.82, 2.24) is 15.3 Å². The molecule has 7 nitrogen and oxygen atoms in total. The number of halogens is 1. The number of pyridine rings is 1. The number of rotatable bonds is 5. The topological polar surface area (TPSA) is 84.6 Å². The number of hydrogen-bond acceptors (Lipinski definition) is 6. The molecule has 8 heteroatoms. The van der Waals surface area contributed by atoms with Crippen molar-refractivity contribution in [3.8, 4) is 17.9 Å². The van der Waals surface area contributed by atoms with Crippen LogP contribution in [0.15, 0.2) is 66.4 Å². The summed E-state index contributed by atoms with van der Waals surface area (Å²) in [6.07, 6.45) is 1.99. The lowest BCUT2D eigenvalue weighted by atomic mass is 9.93. The van der Waals surface area contributed by atoms with Crippen molar-refractivity contribution in [3.63, 3.8) is 0 Å². The van der Waals surface area contributed by atoms with Crippen molar-refractivity contribution in [2.24, 2.45) is 5.10 Å². The molecule has 188 valence electrons. The minimum Gasteiger partial charge on any atom is -0.353 e. The Morgan fingerprint density at radius 2 is 2.00 bits per heavy atom. The Morgan fingerprint density at radius 3 is 2.76 bits per heavy atom. The fourth-order valence-electron chi connectivity index (χ4n) is 4.60. The number of fused-ring (bicyclic) bond motifs is 1. The summed E-state index contributed by atoms with van der Waals surface area (Å²) in [7, 11) is 1.88. The zero-order chi connectivity index (χ0) is 26.8. The lowest BCUT2D eigenvalue weighted by molar-refractivity contribution is 0.0598. The van der Waals surface area contributed by atoms with Crippen molar-refractivity contribution in [1.29, 1.82) is 5.26 Å². The Hall–Kier alpha value is -4.95. The molecule has 1 amide bonds. The molecule has 0 atom stereocenters. The van der Waals surface area contributed by atoms with E-state index >= 15 is 0 Å². The molecule has 2 aliphatic heterocycles. The number of likely N-dealkylation sites (N-methyl/N-ethyl adjacent to an activating group) is 1. The van der Waals surface area contributed by atoms with Gasteiger partial charge in [-0.3, -0.25) is 10.2 Å². The van der Waals surface area contributed by atoms with Crippen molar-refractivity contribution < 1.29 is 9.18 Å². The summed E-state index contributed by atoms with van der Waals surface area (Å²) in [6, 6.07) is 16.0. The first-order valence-electron chi connectivity index (χ1n) is 12.1. The number of nitrogens with one attached hydrogen (secondary N) is 1. The van der Waals surface area contributed by atoms with Gasteiger partial charge in [-0.15, -0.1) is 5.92 Å². The van der Waals surface area contributed by atoms with Gasteiger partial charge in [0.1, 0.15) is 11.6 Å². The molecule has 1 N–H and O–H groups in total. The molecule has 0 saturated carbocycles. The normalized spacial score (nSPS) is 14.2. The largest absolute Gasteiger partial charge is 0.353 e. The van der Waals surface area contributed by atoms with Crippen LogP contribution in [0.2, 0.25) is 0 Å². The van der Waals surface area contributed by atoms with E-state index < -0.39 is 5.82 Å². The molecule has 2 aromatic carbocycles. The number of likely N-dealkylation sites (tertiary alicyclic amines) is 1. The second-order valence-corrected chi connectivity index (χ2v) is 9.26. The maximum Gasteiger partial charge on any atom is 0.256 e. The number of nitriles is 1. The van der Waals surface area contributed by atoms with E-state index in [-0.39, 0.29) is 17.5 Å². The van der Waals surface area contributed by atoms with E-state index in [9.17, 15) is 9.18 Å². The fourth-order valence-corrected chi connectivity index (χ4v) is 4.60. The van der Waals surface area contributed by atoms with Crippen LogP contribution in [0.3, 0.4) is 0 Å². The van der Waals surface area contributed by atoms with Crippen LogP contribution in [-0.2, 0) is 6.42 Å². The molecular formula is C30H25FN6O. The van der Waals surface area contributed by atoms with Crippen LogP contribution in [0.4, 0.5) is 10.2 Å². The van der Waals surface area contributed by atoms with Gasteiger partial charge in [-0.05, 0) is 48.9 Å². The monoisotopic (exact) mass is 504 g/mol. The van der Waals surface area contributed by atoms with E-state index in [1.54, 1.807) is 42.3 Å². The van der Waals surface area contributed by atoms with Crippen LogP contribution >= 0.6 is 0 Å². The van der Waals surface area contributed by atoms with Gasteiger partial charge in [0, 0.05) is 49.4 Å². The third-order valence-electron chi connectivity index (χ3n) is 6.82. The number of aromatic nitrogens is 1. The Labute approximate surface area is 220 Å². The number of benzene rings is 2. The molecule has 2 aliphatic rings. The predicted molar refractivity (Wildman–Crippen MR) is 145 cm³/mol. The molecule has 1 saturated heterocycles. The molecule has 0 bridgehead atoms. The summed E-state index contributed by atoms with van der Waals surface area (Å²) in [6.45, 7) is 6.68.